The number of halogens is 3. The molecule has 0 radical (unpaired) electrons. The molecule has 5 nitrogen and oxygen atoms in total. The summed E-state index contributed by atoms with van der Waals surface area (Å²) >= 11 is 12.9. The van der Waals surface area contributed by atoms with Crippen molar-refractivity contribution in [3.05, 3.63) is 102 Å². The SMILES string of the molecule is O=C1c2oc3ccc(Br)cc3c(=O)c2C(c2cccc(Br)c2)N1c1ccc(Cl)cn1. The molecule has 8 heteroatoms. The van der Waals surface area contributed by atoms with Crippen LogP contribution in [0.5, 0.6) is 0 Å². The minimum atomic E-state index is -0.682. The highest BCUT2D eigenvalue weighted by atomic mass is 79.9. The standard InChI is InChI=1S/C22H11Br2ClN2O3/c23-12-3-1-2-11(8-12)19-18-20(28)15-9-13(24)4-6-16(15)30-21(18)22(29)27(19)17-7-5-14(25)10-26-17/h1-10,19H. The van der Waals surface area contributed by atoms with Crippen LogP contribution in [0.25, 0.3) is 11.0 Å². The number of amides is 1. The van der Waals surface area contributed by atoms with Crippen LogP contribution in [0.3, 0.4) is 0 Å². The van der Waals surface area contributed by atoms with Crippen LogP contribution in [0.4, 0.5) is 5.82 Å². The van der Waals surface area contributed by atoms with Crippen LogP contribution >= 0.6 is 43.5 Å². The van der Waals surface area contributed by atoms with Gasteiger partial charge in [-0.05, 0) is 48.0 Å². The number of fused-ring (bicyclic) bond motifs is 2. The summed E-state index contributed by atoms with van der Waals surface area (Å²) < 4.78 is 7.52. The molecule has 1 aliphatic heterocycles. The Morgan fingerprint density at radius 3 is 2.53 bits per heavy atom. The minimum absolute atomic E-state index is 0.0246. The number of pyridine rings is 1. The number of carbonyl (C=O) groups excluding carboxylic acids is 1. The van der Waals surface area contributed by atoms with Gasteiger partial charge in [0.1, 0.15) is 11.4 Å². The van der Waals surface area contributed by atoms with Crippen LogP contribution in [0.15, 0.2) is 79.0 Å². The van der Waals surface area contributed by atoms with Crippen molar-refractivity contribution in [1.82, 2.24) is 4.98 Å². The Kier molecular flexibility index (Phi) is 4.76. The molecule has 0 saturated carbocycles. The highest BCUT2D eigenvalue weighted by molar-refractivity contribution is 9.10. The van der Waals surface area contributed by atoms with Crippen molar-refractivity contribution in [3.8, 4) is 0 Å². The van der Waals surface area contributed by atoms with Crippen molar-refractivity contribution in [1.29, 1.82) is 0 Å². The maximum Gasteiger partial charge on any atom is 0.296 e. The van der Waals surface area contributed by atoms with E-state index in [1.54, 1.807) is 30.3 Å². The summed E-state index contributed by atoms with van der Waals surface area (Å²) in [6.45, 7) is 0. The second-order valence-corrected chi connectivity index (χ2v) is 9.05. The molecule has 148 valence electrons. The topological polar surface area (TPSA) is 63.4 Å². The maximum atomic E-state index is 13.5. The summed E-state index contributed by atoms with van der Waals surface area (Å²) in [7, 11) is 0. The van der Waals surface area contributed by atoms with Gasteiger partial charge >= 0.3 is 0 Å². The number of anilines is 1. The summed E-state index contributed by atoms with van der Waals surface area (Å²) in [6.07, 6.45) is 1.47. The number of rotatable bonds is 2. The van der Waals surface area contributed by atoms with Crippen molar-refractivity contribution in [2.24, 2.45) is 0 Å². The van der Waals surface area contributed by atoms with E-state index in [1.807, 2.05) is 24.3 Å². The van der Waals surface area contributed by atoms with E-state index in [9.17, 15) is 9.59 Å². The van der Waals surface area contributed by atoms with E-state index >= 15 is 0 Å². The number of aromatic nitrogens is 1. The first-order valence-corrected chi connectivity index (χ1v) is 10.9. The van der Waals surface area contributed by atoms with Gasteiger partial charge in [0.25, 0.3) is 5.91 Å². The van der Waals surface area contributed by atoms with Gasteiger partial charge in [-0.15, -0.1) is 0 Å². The highest BCUT2D eigenvalue weighted by Crippen LogP contribution is 2.41. The third-order valence-electron chi connectivity index (χ3n) is 4.96. The average Bonchev–Trinajstić information content (AvgIpc) is 3.02. The summed E-state index contributed by atoms with van der Waals surface area (Å²) in [5, 5.41) is 0.855. The molecule has 30 heavy (non-hydrogen) atoms. The van der Waals surface area contributed by atoms with E-state index < -0.39 is 11.9 Å². The molecular weight excluding hydrogens is 536 g/mol. The van der Waals surface area contributed by atoms with Gasteiger partial charge in [0.2, 0.25) is 5.76 Å². The van der Waals surface area contributed by atoms with Gasteiger partial charge in [-0.2, -0.15) is 0 Å². The molecule has 0 N–H and O–H groups in total. The Morgan fingerprint density at radius 2 is 1.80 bits per heavy atom. The van der Waals surface area contributed by atoms with Crippen molar-refractivity contribution in [2.75, 3.05) is 4.90 Å². The molecule has 5 rings (SSSR count). The number of benzene rings is 2. The first kappa shape index (κ1) is 19.5. The molecule has 2 aromatic heterocycles. The molecule has 0 fully saturated rings. The fourth-order valence-corrected chi connectivity index (χ4v) is 4.57. The molecule has 0 aliphatic carbocycles. The number of nitrogens with zero attached hydrogens (tertiary/aromatic N) is 2. The van der Waals surface area contributed by atoms with Gasteiger partial charge in [-0.25, -0.2) is 4.98 Å². The van der Waals surface area contributed by atoms with E-state index in [1.165, 1.54) is 11.1 Å². The van der Waals surface area contributed by atoms with E-state index in [0.29, 0.717) is 27.4 Å². The highest BCUT2D eigenvalue weighted by Gasteiger charge is 2.44. The third kappa shape index (κ3) is 3.09. The Labute approximate surface area is 192 Å². The Morgan fingerprint density at radius 1 is 1.00 bits per heavy atom. The van der Waals surface area contributed by atoms with Gasteiger partial charge in [-0.3, -0.25) is 14.5 Å². The lowest BCUT2D eigenvalue weighted by molar-refractivity contribution is 0.0970. The zero-order chi connectivity index (χ0) is 21.0. The van der Waals surface area contributed by atoms with Crippen LogP contribution < -0.4 is 10.3 Å². The molecule has 1 unspecified atom stereocenters. The van der Waals surface area contributed by atoms with E-state index in [0.717, 1.165) is 14.5 Å². The van der Waals surface area contributed by atoms with Crippen LogP contribution in [0.2, 0.25) is 5.02 Å². The average molecular weight is 547 g/mol. The molecule has 0 saturated heterocycles. The van der Waals surface area contributed by atoms with Gasteiger partial charge in [0.05, 0.1) is 22.0 Å². The summed E-state index contributed by atoms with van der Waals surface area (Å²) in [5.74, 6) is -0.0197. The molecule has 4 aromatic rings. The Hall–Kier alpha value is -2.48. The van der Waals surface area contributed by atoms with Gasteiger partial charge in [-0.1, -0.05) is 55.6 Å². The largest absolute Gasteiger partial charge is 0.450 e. The normalized spacial score (nSPS) is 15.6. The van der Waals surface area contributed by atoms with E-state index in [2.05, 4.69) is 36.8 Å². The summed E-state index contributed by atoms with van der Waals surface area (Å²) in [4.78, 5) is 32.7. The molecule has 1 atom stereocenters. The Bertz CT molecular complexity index is 1390. The zero-order valence-corrected chi connectivity index (χ0v) is 19.0. The van der Waals surface area contributed by atoms with Gasteiger partial charge in [0, 0.05) is 15.1 Å². The zero-order valence-electron chi connectivity index (χ0n) is 15.1. The van der Waals surface area contributed by atoms with E-state index in [-0.39, 0.29) is 11.2 Å². The van der Waals surface area contributed by atoms with Crippen molar-refractivity contribution in [2.45, 2.75) is 6.04 Å². The molecule has 0 bridgehead atoms. The lowest BCUT2D eigenvalue weighted by atomic mass is 9.98. The Balaban J connectivity index is 1.83. The fraction of sp³-hybridized carbons (Fsp3) is 0.0455. The fourth-order valence-electron chi connectivity index (χ4n) is 3.68. The molecule has 1 amide bonds. The van der Waals surface area contributed by atoms with Crippen LogP contribution in [-0.2, 0) is 0 Å². The van der Waals surface area contributed by atoms with Crippen LogP contribution in [0, 0.1) is 0 Å². The first-order valence-electron chi connectivity index (χ1n) is 8.91. The van der Waals surface area contributed by atoms with Crippen molar-refractivity contribution in [3.63, 3.8) is 0 Å². The second kappa shape index (κ2) is 7.34. The summed E-state index contributed by atoms with van der Waals surface area (Å²) in [6, 6.07) is 15.2. The lowest BCUT2D eigenvalue weighted by Crippen LogP contribution is -2.30. The van der Waals surface area contributed by atoms with Crippen molar-refractivity contribution >= 4 is 66.2 Å². The number of carbonyl (C=O) groups is 1. The predicted molar refractivity (Wildman–Crippen MR) is 122 cm³/mol. The smallest absolute Gasteiger partial charge is 0.296 e. The monoisotopic (exact) mass is 544 g/mol. The van der Waals surface area contributed by atoms with Gasteiger partial charge < -0.3 is 4.42 Å². The quantitative estimate of drug-likeness (QED) is 0.304. The first-order chi connectivity index (χ1) is 14.4. The molecule has 2 aromatic carbocycles. The second-order valence-electron chi connectivity index (χ2n) is 6.78. The lowest BCUT2D eigenvalue weighted by Gasteiger charge is -2.24. The summed E-state index contributed by atoms with van der Waals surface area (Å²) in [5.41, 5.74) is 1.16. The predicted octanol–water partition coefficient (Wildman–Crippen LogP) is 6.12. The minimum Gasteiger partial charge on any atom is -0.450 e. The molecule has 0 spiro atoms. The van der Waals surface area contributed by atoms with E-state index in [4.69, 9.17) is 16.0 Å². The maximum absolute atomic E-state index is 13.5. The third-order valence-corrected chi connectivity index (χ3v) is 6.17. The van der Waals surface area contributed by atoms with Crippen LogP contribution in [0.1, 0.15) is 27.7 Å². The van der Waals surface area contributed by atoms with Crippen molar-refractivity contribution < 1.29 is 9.21 Å². The number of hydrogen-bond acceptors (Lipinski definition) is 4. The molecule has 3 heterocycles. The molecule has 1 aliphatic rings. The van der Waals surface area contributed by atoms with Gasteiger partial charge in [0.15, 0.2) is 5.43 Å². The number of hydrogen-bond donors (Lipinski definition) is 0. The van der Waals surface area contributed by atoms with Crippen LogP contribution in [-0.4, -0.2) is 10.9 Å². The molecular formula is C22H11Br2ClN2O3.